The van der Waals surface area contributed by atoms with E-state index in [9.17, 15) is 9.59 Å². The molecule has 0 bridgehead atoms. The molecule has 1 unspecified atom stereocenters. The zero-order valence-corrected chi connectivity index (χ0v) is 16.1. The number of methoxy groups -OCH3 is 1. The highest BCUT2D eigenvalue weighted by Crippen LogP contribution is 2.33. The van der Waals surface area contributed by atoms with E-state index in [0.29, 0.717) is 36.1 Å². The third-order valence-electron chi connectivity index (χ3n) is 4.23. The smallest absolute Gasteiger partial charge is 0.309 e. The number of aryl methyl sites for hydroxylation is 1. The fourth-order valence-corrected chi connectivity index (χ4v) is 4.03. The Kier molecular flexibility index (Phi) is 6.28. The zero-order valence-electron chi connectivity index (χ0n) is 15.3. The van der Waals surface area contributed by atoms with Crippen molar-refractivity contribution in [3.05, 3.63) is 34.8 Å². The predicted octanol–water partition coefficient (Wildman–Crippen LogP) is 2.84. The largest absolute Gasteiger partial charge is 0.493 e. The van der Waals surface area contributed by atoms with Crippen LogP contribution in [0.5, 0.6) is 11.5 Å². The first-order valence-electron chi connectivity index (χ1n) is 8.81. The highest BCUT2D eigenvalue weighted by molar-refractivity contribution is 7.15. The van der Waals surface area contributed by atoms with Gasteiger partial charge in [-0.05, 0) is 38.3 Å². The van der Waals surface area contributed by atoms with Gasteiger partial charge in [-0.1, -0.05) is 12.1 Å². The highest BCUT2D eigenvalue weighted by Gasteiger charge is 2.28. The average Bonchev–Trinajstić information content (AvgIpc) is 3.08. The molecule has 8 heteroatoms. The van der Waals surface area contributed by atoms with E-state index in [4.69, 9.17) is 14.2 Å². The first kappa shape index (κ1) is 19.2. The van der Waals surface area contributed by atoms with E-state index in [1.54, 1.807) is 26.2 Å². The molecule has 1 heterocycles. The van der Waals surface area contributed by atoms with Crippen molar-refractivity contribution in [2.24, 2.45) is 5.92 Å². The Hall–Kier alpha value is -2.61. The van der Waals surface area contributed by atoms with Crippen LogP contribution in [0.15, 0.2) is 24.3 Å². The zero-order chi connectivity index (χ0) is 19.2. The molecule has 0 saturated carbocycles. The predicted molar refractivity (Wildman–Crippen MR) is 101 cm³/mol. The topological polar surface area (TPSA) is 86.8 Å². The molecule has 0 spiro atoms. The van der Waals surface area contributed by atoms with Crippen molar-refractivity contribution in [3.8, 4) is 11.5 Å². The SMILES string of the molecule is CCOC(=O)C1CCc2nc(NC(=O)COc3ccccc3OC)sc2C1. The molecule has 27 heavy (non-hydrogen) atoms. The molecule has 0 aliphatic heterocycles. The van der Waals surface area contributed by atoms with Gasteiger partial charge in [-0.2, -0.15) is 0 Å². The first-order valence-corrected chi connectivity index (χ1v) is 9.63. The molecule has 0 radical (unpaired) electrons. The molecule has 3 rings (SSSR count). The van der Waals surface area contributed by atoms with Gasteiger partial charge in [-0.25, -0.2) is 4.98 Å². The van der Waals surface area contributed by atoms with E-state index >= 15 is 0 Å². The van der Waals surface area contributed by atoms with Crippen LogP contribution in [0.2, 0.25) is 0 Å². The molecule has 7 nitrogen and oxygen atoms in total. The molecule has 0 saturated heterocycles. The number of hydrogen-bond donors (Lipinski definition) is 1. The lowest BCUT2D eigenvalue weighted by Crippen LogP contribution is -2.24. The van der Waals surface area contributed by atoms with Crippen molar-refractivity contribution in [2.45, 2.75) is 26.2 Å². The number of anilines is 1. The van der Waals surface area contributed by atoms with E-state index in [0.717, 1.165) is 17.0 Å². The number of ether oxygens (including phenoxy) is 3. The maximum Gasteiger partial charge on any atom is 0.309 e. The second-order valence-electron chi connectivity index (χ2n) is 6.07. The average molecular weight is 390 g/mol. The maximum atomic E-state index is 12.2. The van der Waals surface area contributed by atoms with Gasteiger partial charge in [-0.3, -0.25) is 14.9 Å². The second kappa shape index (κ2) is 8.85. The Morgan fingerprint density at radius 2 is 2.07 bits per heavy atom. The van der Waals surface area contributed by atoms with E-state index < -0.39 is 0 Å². The number of carbonyl (C=O) groups excluding carboxylic acids is 2. The summed E-state index contributed by atoms with van der Waals surface area (Å²) in [6, 6.07) is 7.14. The van der Waals surface area contributed by atoms with Gasteiger partial charge >= 0.3 is 5.97 Å². The normalized spacial score (nSPS) is 15.6. The third kappa shape index (κ3) is 4.77. The molecule has 0 fully saturated rings. The molecule has 1 aliphatic carbocycles. The third-order valence-corrected chi connectivity index (χ3v) is 5.27. The lowest BCUT2D eigenvalue weighted by atomic mass is 9.91. The number of thiazole rings is 1. The summed E-state index contributed by atoms with van der Waals surface area (Å²) in [7, 11) is 1.55. The quantitative estimate of drug-likeness (QED) is 0.732. The molecule has 1 aromatic heterocycles. The fourth-order valence-electron chi connectivity index (χ4n) is 2.93. The Morgan fingerprint density at radius 3 is 2.81 bits per heavy atom. The molecule has 1 atom stereocenters. The number of rotatable bonds is 7. The summed E-state index contributed by atoms with van der Waals surface area (Å²) in [4.78, 5) is 29.6. The second-order valence-corrected chi connectivity index (χ2v) is 7.15. The van der Waals surface area contributed by atoms with Gasteiger partial charge in [0.15, 0.2) is 23.2 Å². The summed E-state index contributed by atoms with van der Waals surface area (Å²) < 4.78 is 15.8. The van der Waals surface area contributed by atoms with Crippen molar-refractivity contribution in [3.63, 3.8) is 0 Å². The highest BCUT2D eigenvalue weighted by atomic mass is 32.1. The molecule has 1 aliphatic rings. The van der Waals surface area contributed by atoms with Crippen molar-refractivity contribution >= 4 is 28.3 Å². The van der Waals surface area contributed by atoms with Gasteiger partial charge in [0.05, 0.1) is 25.3 Å². The summed E-state index contributed by atoms with van der Waals surface area (Å²) in [5.41, 5.74) is 0.946. The summed E-state index contributed by atoms with van der Waals surface area (Å²) in [5, 5.41) is 3.29. The van der Waals surface area contributed by atoms with Gasteiger partial charge in [0.25, 0.3) is 5.91 Å². The Bertz CT molecular complexity index is 820. The summed E-state index contributed by atoms with van der Waals surface area (Å²) in [6.45, 7) is 2.05. The molecule has 1 N–H and O–H groups in total. The van der Waals surface area contributed by atoms with Crippen LogP contribution in [-0.2, 0) is 27.2 Å². The number of nitrogens with one attached hydrogen (secondary N) is 1. The Labute approximate surface area is 161 Å². The van der Waals surface area contributed by atoms with Crippen LogP contribution in [-0.4, -0.2) is 37.2 Å². The van der Waals surface area contributed by atoms with Crippen LogP contribution < -0.4 is 14.8 Å². The van der Waals surface area contributed by atoms with Crippen LogP contribution in [0.3, 0.4) is 0 Å². The number of nitrogens with zero attached hydrogens (tertiary/aromatic N) is 1. The maximum absolute atomic E-state index is 12.2. The number of hydrogen-bond acceptors (Lipinski definition) is 7. The minimum atomic E-state index is -0.297. The van der Waals surface area contributed by atoms with E-state index in [-0.39, 0.29) is 24.4 Å². The summed E-state index contributed by atoms with van der Waals surface area (Å²) in [6.07, 6.45) is 2.04. The van der Waals surface area contributed by atoms with Crippen molar-refractivity contribution in [1.29, 1.82) is 0 Å². The van der Waals surface area contributed by atoms with Gasteiger partial charge in [-0.15, -0.1) is 11.3 Å². The molecule has 2 aromatic rings. The Balaban J connectivity index is 1.56. The summed E-state index contributed by atoms with van der Waals surface area (Å²) >= 11 is 1.40. The standard InChI is InChI=1S/C19H22N2O5S/c1-3-25-18(23)12-8-9-13-16(10-12)27-19(20-13)21-17(22)11-26-15-7-5-4-6-14(15)24-2/h4-7,12H,3,8-11H2,1-2H3,(H,20,21,22). The number of para-hydroxylation sites is 2. The lowest BCUT2D eigenvalue weighted by molar-refractivity contribution is -0.148. The molecular weight excluding hydrogens is 368 g/mol. The molecular formula is C19H22N2O5S. The van der Waals surface area contributed by atoms with Crippen LogP contribution in [0.4, 0.5) is 5.13 Å². The molecule has 1 aromatic carbocycles. The van der Waals surface area contributed by atoms with Crippen LogP contribution in [0.1, 0.15) is 23.9 Å². The molecule has 1 amide bonds. The van der Waals surface area contributed by atoms with Crippen molar-refractivity contribution in [2.75, 3.05) is 25.6 Å². The summed E-state index contributed by atoms with van der Waals surface area (Å²) in [5.74, 6) is 0.488. The van der Waals surface area contributed by atoms with Crippen LogP contribution >= 0.6 is 11.3 Å². The Morgan fingerprint density at radius 1 is 1.30 bits per heavy atom. The lowest BCUT2D eigenvalue weighted by Gasteiger charge is -2.18. The van der Waals surface area contributed by atoms with Crippen molar-refractivity contribution < 1.29 is 23.8 Å². The number of carbonyl (C=O) groups is 2. The van der Waals surface area contributed by atoms with E-state index in [1.165, 1.54) is 11.3 Å². The van der Waals surface area contributed by atoms with Gasteiger partial charge in [0, 0.05) is 4.88 Å². The number of benzene rings is 1. The van der Waals surface area contributed by atoms with E-state index in [1.807, 2.05) is 12.1 Å². The number of aromatic nitrogens is 1. The minimum Gasteiger partial charge on any atom is -0.493 e. The number of esters is 1. The van der Waals surface area contributed by atoms with Gasteiger partial charge < -0.3 is 14.2 Å². The first-order chi connectivity index (χ1) is 13.1. The number of amides is 1. The fraction of sp³-hybridized carbons (Fsp3) is 0.421. The van der Waals surface area contributed by atoms with Crippen molar-refractivity contribution in [1.82, 2.24) is 4.98 Å². The van der Waals surface area contributed by atoms with E-state index in [2.05, 4.69) is 10.3 Å². The monoisotopic (exact) mass is 390 g/mol. The minimum absolute atomic E-state index is 0.129. The molecule has 144 valence electrons. The van der Waals surface area contributed by atoms with Crippen LogP contribution in [0.25, 0.3) is 0 Å². The van der Waals surface area contributed by atoms with Gasteiger partial charge in [0.1, 0.15) is 0 Å². The number of fused-ring (bicyclic) bond motifs is 1. The van der Waals surface area contributed by atoms with Gasteiger partial charge in [0.2, 0.25) is 0 Å². The van der Waals surface area contributed by atoms with Crippen LogP contribution in [0, 0.1) is 5.92 Å².